The van der Waals surface area contributed by atoms with Crippen molar-refractivity contribution in [1.29, 1.82) is 0 Å². The molecule has 32 heavy (non-hydrogen) atoms. The summed E-state index contributed by atoms with van der Waals surface area (Å²) < 4.78 is 31.8. The standard InChI is InChI=1S/C24H27N3O3S2/c1-32(28,29)27-11-5-8-20-14-19(9-10-22(20)27)21-17-31-24(25-21)23-16-26(12-13-30-23)15-18-6-3-2-4-7-18/h2-4,6-7,9-10,14,17,23H,5,8,11-13,15-16H2,1H3. The van der Waals surface area contributed by atoms with Gasteiger partial charge in [0.05, 0.1) is 24.2 Å². The lowest BCUT2D eigenvalue weighted by atomic mass is 10.00. The summed E-state index contributed by atoms with van der Waals surface area (Å²) >= 11 is 1.63. The molecule has 0 saturated carbocycles. The summed E-state index contributed by atoms with van der Waals surface area (Å²) in [6, 6.07) is 16.5. The van der Waals surface area contributed by atoms with Crippen LogP contribution in [0.3, 0.4) is 0 Å². The van der Waals surface area contributed by atoms with Crippen LogP contribution in [0.2, 0.25) is 0 Å². The zero-order valence-electron chi connectivity index (χ0n) is 18.1. The first-order valence-electron chi connectivity index (χ1n) is 10.9. The Morgan fingerprint density at radius 2 is 2.00 bits per heavy atom. The van der Waals surface area contributed by atoms with E-state index < -0.39 is 10.0 Å². The van der Waals surface area contributed by atoms with Crippen LogP contribution in [-0.4, -0.2) is 50.8 Å². The maximum atomic E-state index is 12.1. The van der Waals surface area contributed by atoms with E-state index in [-0.39, 0.29) is 6.10 Å². The second-order valence-electron chi connectivity index (χ2n) is 8.43. The van der Waals surface area contributed by atoms with E-state index in [0.29, 0.717) is 13.2 Å². The first kappa shape index (κ1) is 21.6. The van der Waals surface area contributed by atoms with Crippen molar-refractivity contribution in [3.63, 3.8) is 0 Å². The number of fused-ring (bicyclic) bond motifs is 1. The van der Waals surface area contributed by atoms with E-state index in [1.165, 1.54) is 16.1 Å². The van der Waals surface area contributed by atoms with Crippen LogP contribution in [0.5, 0.6) is 0 Å². The lowest BCUT2D eigenvalue weighted by molar-refractivity contribution is -0.0329. The Morgan fingerprint density at radius 3 is 2.81 bits per heavy atom. The SMILES string of the molecule is CS(=O)(=O)N1CCCc2cc(-c3csc(C4CN(Cc5ccccc5)CCO4)n3)ccc21. The molecule has 1 unspecified atom stereocenters. The number of aromatic nitrogens is 1. The number of nitrogens with zero attached hydrogens (tertiary/aromatic N) is 3. The molecule has 8 heteroatoms. The summed E-state index contributed by atoms with van der Waals surface area (Å²) in [5.74, 6) is 0. The molecule has 0 aliphatic carbocycles. The second kappa shape index (κ2) is 8.94. The number of hydrogen-bond acceptors (Lipinski definition) is 6. The number of hydrogen-bond donors (Lipinski definition) is 0. The topological polar surface area (TPSA) is 62.7 Å². The van der Waals surface area contributed by atoms with E-state index in [0.717, 1.165) is 60.0 Å². The Hall–Kier alpha value is -2.26. The highest BCUT2D eigenvalue weighted by atomic mass is 32.2. The minimum atomic E-state index is -3.26. The van der Waals surface area contributed by atoms with Crippen LogP contribution in [0.15, 0.2) is 53.9 Å². The summed E-state index contributed by atoms with van der Waals surface area (Å²) in [6.45, 7) is 3.92. The van der Waals surface area contributed by atoms with Crippen molar-refractivity contribution in [2.24, 2.45) is 0 Å². The maximum absolute atomic E-state index is 12.1. The highest BCUT2D eigenvalue weighted by Gasteiger charge is 2.26. The Kier molecular flexibility index (Phi) is 6.03. The average Bonchev–Trinajstić information content (AvgIpc) is 3.29. The van der Waals surface area contributed by atoms with Crippen LogP contribution in [0.4, 0.5) is 5.69 Å². The summed E-state index contributed by atoms with van der Waals surface area (Å²) in [5.41, 5.74) is 5.12. The summed E-state index contributed by atoms with van der Waals surface area (Å²) in [7, 11) is -3.26. The molecule has 1 fully saturated rings. The molecule has 3 heterocycles. The van der Waals surface area contributed by atoms with Crippen molar-refractivity contribution in [1.82, 2.24) is 9.88 Å². The van der Waals surface area contributed by atoms with Gasteiger partial charge >= 0.3 is 0 Å². The highest BCUT2D eigenvalue weighted by Crippen LogP contribution is 2.35. The van der Waals surface area contributed by atoms with Crippen LogP contribution in [-0.2, 0) is 27.7 Å². The van der Waals surface area contributed by atoms with Crippen molar-refractivity contribution >= 4 is 27.0 Å². The minimum Gasteiger partial charge on any atom is -0.368 e. The maximum Gasteiger partial charge on any atom is 0.232 e. The third-order valence-corrected chi connectivity index (χ3v) is 8.17. The molecule has 2 aromatic carbocycles. The zero-order valence-corrected chi connectivity index (χ0v) is 19.7. The fraction of sp³-hybridized carbons (Fsp3) is 0.375. The van der Waals surface area contributed by atoms with Gasteiger partial charge in [0.15, 0.2) is 0 Å². The van der Waals surface area contributed by atoms with E-state index in [2.05, 4.69) is 40.6 Å². The first-order chi connectivity index (χ1) is 15.5. The third-order valence-electron chi connectivity index (χ3n) is 6.05. The Bertz CT molecular complexity index is 1190. The molecule has 1 saturated heterocycles. The average molecular weight is 470 g/mol. The summed E-state index contributed by atoms with van der Waals surface area (Å²) in [4.78, 5) is 7.32. The van der Waals surface area contributed by atoms with Crippen LogP contribution < -0.4 is 4.31 Å². The Labute approximate surface area is 193 Å². The second-order valence-corrected chi connectivity index (χ2v) is 11.2. The normalized spacial score (nSPS) is 19.7. The molecule has 3 aromatic rings. The quantitative estimate of drug-likeness (QED) is 0.563. The minimum absolute atomic E-state index is 0.0236. The first-order valence-corrected chi connectivity index (χ1v) is 13.6. The van der Waals surface area contributed by atoms with Crippen molar-refractivity contribution in [3.05, 3.63) is 70.0 Å². The van der Waals surface area contributed by atoms with Gasteiger partial charge in [-0.2, -0.15) is 0 Å². The molecule has 2 aliphatic heterocycles. The molecule has 1 aromatic heterocycles. The monoisotopic (exact) mass is 469 g/mol. The van der Waals surface area contributed by atoms with Crippen LogP contribution >= 0.6 is 11.3 Å². The number of benzene rings is 2. The number of ether oxygens (including phenoxy) is 1. The summed E-state index contributed by atoms with van der Waals surface area (Å²) in [5, 5.41) is 3.07. The predicted molar refractivity (Wildman–Crippen MR) is 128 cm³/mol. The van der Waals surface area contributed by atoms with Gasteiger partial charge in [-0.3, -0.25) is 9.21 Å². The number of rotatable bonds is 5. The molecule has 1 atom stereocenters. The molecule has 0 bridgehead atoms. The Balaban J connectivity index is 1.33. The van der Waals surface area contributed by atoms with E-state index >= 15 is 0 Å². The van der Waals surface area contributed by atoms with Gasteiger partial charge in [0, 0.05) is 37.1 Å². The van der Waals surface area contributed by atoms with Crippen molar-refractivity contribution in [3.8, 4) is 11.3 Å². The highest BCUT2D eigenvalue weighted by molar-refractivity contribution is 7.92. The van der Waals surface area contributed by atoms with Crippen molar-refractivity contribution in [2.45, 2.75) is 25.5 Å². The largest absolute Gasteiger partial charge is 0.368 e. The van der Waals surface area contributed by atoms with Gasteiger partial charge in [0.2, 0.25) is 10.0 Å². The molecular weight excluding hydrogens is 442 g/mol. The molecule has 0 N–H and O–H groups in total. The lowest BCUT2D eigenvalue weighted by Crippen LogP contribution is -2.37. The fourth-order valence-corrected chi connectivity index (χ4v) is 6.33. The number of thiazole rings is 1. The van der Waals surface area contributed by atoms with Gasteiger partial charge in [0.1, 0.15) is 11.1 Å². The zero-order chi connectivity index (χ0) is 22.1. The Morgan fingerprint density at radius 1 is 1.16 bits per heavy atom. The van der Waals surface area contributed by atoms with Crippen molar-refractivity contribution < 1.29 is 13.2 Å². The molecule has 2 aliphatic rings. The predicted octanol–water partition coefficient (Wildman–Crippen LogP) is 4.10. The number of morpholine rings is 1. The molecule has 5 rings (SSSR count). The molecule has 6 nitrogen and oxygen atoms in total. The number of anilines is 1. The van der Waals surface area contributed by atoms with Gasteiger partial charge in [-0.1, -0.05) is 36.4 Å². The van der Waals surface area contributed by atoms with Crippen LogP contribution in [0, 0.1) is 0 Å². The lowest BCUT2D eigenvalue weighted by Gasteiger charge is -2.32. The van der Waals surface area contributed by atoms with E-state index in [4.69, 9.17) is 9.72 Å². The van der Waals surface area contributed by atoms with Gasteiger partial charge in [-0.05, 0) is 36.1 Å². The number of aryl methyl sites for hydroxylation is 1. The van der Waals surface area contributed by atoms with Gasteiger partial charge in [0.25, 0.3) is 0 Å². The van der Waals surface area contributed by atoms with E-state index in [1.54, 1.807) is 11.3 Å². The van der Waals surface area contributed by atoms with Gasteiger partial charge in [-0.25, -0.2) is 13.4 Å². The molecular formula is C24H27N3O3S2. The number of sulfonamides is 1. The molecule has 0 amide bonds. The van der Waals surface area contributed by atoms with Gasteiger partial charge < -0.3 is 4.74 Å². The van der Waals surface area contributed by atoms with Gasteiger partial charge in [-0.15, -0.1) is 11.3 Å². The molecule has 0 spiro atoms. The third kappa shape index (κ3) is 4.59. The van der Waals surface area contributed by atoms with E-state index in [1.807, 2.05) is 18.2 Å². The summed E-state index contributed by atoms with van der Waals surface area (Å²) in [6.07, 6.45) is 2.96. The van der Waals surface area contributed by atoms with Crippen LogP contribution in [0.1, 0.15) is 28.7 Å². The van der Waals surface area contributed by atoms with E-state index in [9.17, 15) is 8.42 Å². The molecule has 0 radical (unpaired) electrons. The molecule has 168 valence electrons. The fourth-order valence-electron chi connectivity index (χ4n) is 4.47. The van der Waals surface area contributed by atoms with Crippen LogP contribution in [0.25, 0.3) is 11.3 Å². The smallest absolute Gasteiger partial charge is 0.232 e. The van der Waals surface area contributed by atoms with Crippen molar-refractivity contribution in [2.75, 3.05) is 36.8 Å².